The minimum atomic E-state index is 0. The maximum absolute atomic E-state index is 2.12. The number of hydrogen-bond acceptors (Lipinski definition) is 0. The highest BCUT2D eigenvalue weighted by Gasteiger charge is 1.99. The summed E-state index contributed by atoms with van der Waals surface area (Å²) in [5.41, 5.74) is 2.74. The molecule has 0 atom stereocenters. The van der Waals surface area contributed by atoms with Crippen molar-refractivity contribution >= 4 is 12.2 Å². The van der Waals surface area contributed by atoms with Gasteiger partial charge in [0.15, 0.2) is 0 Å². The Bertz CT molecular complexity index is 213. The van der Waals surface area contributed by atoms with Crippen LogP contribution in [-0.4, -0.2) is 0 Å². The largest absolute Gasteiger partial charge is 0.269 e. The van der Waals surface area contributed by atoms with E-state index in [9.17, 15) is 0 Å². The lowest BCUT2D eigenvalue weighted by molar-refractivity contribution is 1.11. The molecule has 0 aliphatic heterocycles. The van der Waals surface area contributed by atoms with E-state index < -0.39 is 0 Å². The minimum absolute atomic E-state index is 0. The summed E-state index contributed by atoms with van der Waals surface area (Å²) in [6.07, 6.45) is 4.24. The van der Waals surface area contributed by atoms with Crippen LogP contribution in [0.2, 0.25) is 0 Å². The second-order valence-corrected chi connectivity index (χ2v) is 1.96. The van der Waals surface area contributed by atoms with Crippen LogP contribution < -0.4 is 0 Å². The summed E-state index contributed by atoms with van der Waals surface area (Å²) in [4.78, 5) is 0. The molecule has 0 bridgehead atoms. The van der Waals surface area contributed by atoms with E-state index in [4.69, 9.17) is 0 Å². The highest BCUT2D eigenvalue weighted by molar-refractivity contribution is 5.85. The molecule has 0 N–H and O–H groups in total. The topological polar surface area (TPSA) is 0 Å². The summed E-state index contributed by atoms with van der Waals surface area (Å²) in [5, 5.41) is 0. The van der Waals surface area contributed by atoms with Crippen molar-refractivity contribution in [3.63, 3.8) is 0 Å². The molecule has 0 saturated carbocycles. The first-order valence-corrected chi connectivity index (χ1v) is 2.74. The fourth-order valence-corrected chi connectivity index (χ4v) is 0.898. The zero-order valence-electron chi connectivity index (χ0n) is 4.87. The van der Waals surface area contributed by atoms with E-state index in [1.54, 1.807) is 0 Å². The van der Waals surface area contributed by atoms with Crippen LogP contribution in [0.3, 0.4) is 0 Å². The summed E-state index contributed by atoms with van der Waals surface area (Å²) in [5.74, 6) is 0. The van der Waals surface area contributed by atoms with Gasteiger partial charge in [0.25, 0.3) is 0 Å². The van der Waals surface area contributed by atoms with Crippen molar-refractivity contribution in [1.29, 1.82) is 0 Å². The van der Waals surface area contributed by atoms with Gasteiger partial charge in [0.05, 0.1) is 0 Å². The Kier molecular flexibility index (Phi) is 1.35. The first kappa shape index (κ1) is 6.02. The van der Waals surface area contributed by atoms with Crippen LogP contribution in [0.25, 0.3) is 12.2 Å². The van der Waals surface area contributed by atoms with Crippen molar-refractivity contribution in [1.82, 2.24) is 0 Å². The summed E-state index contributed by atoms with van der Waals surface area (Å²) >= 11 is 0. The third-order valence-corrected chi connectivity index (χ3v) is 1.44. The molecule has 1 heteroatoms. The van der Waals surface area contributed by atoms with Crippen LogP contribution in [0.4, 0.5) is 4.70 Å². The lowest BCUT2D eigenvalue weighted by atomic mass is 9.99. The zero-order chi connectivity index (χ0) is 5.40. The molecule has 1 aliphatic carbocycles. The smallest absolute Gasteiger partial charge is 0.0184 e. The Labute approximate surface area is 53.2 Å². The van der Waals surface area contributed by atoms with Gasteiger partial charge < -0.3 is 0 Å². The SMILES string of the molecule is C1=Cc2ccccc21.F. The van der Waals surface area contributed by atoms with Gasteiger partial charge in [0, 0.05) is 0 Å². The number of rotatable bonds is 0. The normalized spacial score (nSPS) is 11.1. The standard InChI is InChI=1S/C8H6.FH/c1-2-4-8-6-5-7(8)3-1;/h1-6H;1H. The van der Waals surface area contributed by atoms with Gasteiger partial charge in [0.1, 0.15) is 0 Å². The maximum atomic E-state index is 2.12. The van der Waals surface area contributed by atoms with Gasteiger partial charge in [0.2, 0.25) is 0 Å². The van der Waals surface area contributed by atoms with Gasteiger partial charge in [-0.3, -0.25) is 4.70 Å². The van der Waals surface area contributed by atoms with E-state index in [0.29, 0.717) is 0 Å². The molecule has 1 aromatic rings. The Balaban J connectivity index is 0.000000405. The minimum Gasteiger partial charge on any atom is -0.269 e. The van der Waals surface area contributed by atoms with E-state index in [2.05, 4.69) is 36.4 Å². The summed E-state index contributed by atoms with van der Waals surface area (Å²) < 4.78 is 0. The van der Waals surface area contributed by atoms with Crippen LogP contribution in [0, 0.1) is 0 Å². The van der Waals surface area contributed by atoms with Crippen molar-refractivity contribution in [3.05, 3.63) is 35.4 Å². The second kappa shape index (κ2) is 2.02. The molecule has 0 fully saturated rings. The molecule has 0 aromatic heterocycles. The fourth-order valence-electron chi connectivity index (χ4n) is 0.898. The van der Waals surface area contributed by atoms with E-state index in [-0.39, 0.29) is 4.70 Å². The number of fused-ring (bicyclic) bond motifs is 1. The molecule has 0 spiro atoms. The third kappa shape index (κ3) is 0.743. The first-order valence-electron chi connectivity index (χ1n) is 2.74. The van der Waals surface area contributed by atoms with Gasteiger partial charge in [-0.2, -0.15) is 0 Å². The van der Waals surface area contributed by atoms with Crippen molar-refractivity contribution in [3.8, 4) is 0 Å². The van der Waals surface area contributed by atoms with Gasteiger partial charge in [-0.1, -0.05) is 36.4 Å². The van der Waals surface area contributed by atoms with Crippen molar-refractivity contribution in [2.75, 3.05) is 0 Å². The molecule has 9 heavy (non-hydrogen) atoms. The molecule has 0 saturated heterocycles. The fraction of sp³-hybridized carbons (Fsp3) is 0. The van der Waals surface area contributed by atoms with Crippen molar-refractivity contribution in [2.45, 2.75) is 0 Å². The Morgan fingerprint density at radius 2 is 1.22 bits per heavy atom. The number of halogens is 1. The molecule has 1 aromatic carbocycles. The molecule has 46 valence electrons. The van der Waals surface area contributed by atoms with E-state index in [0.717, 1.165) is 0 Å². The van der Waals surface area contributed by atoms with Crippen LogP contribution in [-0.2, 0) is 0 Å². The molecule has 0 unspecified atom stereocenters. The predicted octanol–water partition coefficient (Wildman–Crippen LogP) is 2.32. The molecule has 0 amide bonds. The highest BCUT2D eigenvalue weighted by Crippen LogP contribution is 2.21. The summed E-state index contributed by atoms with van der Waals surface area (Å²) in [7, 11) is 0. The third-order valence-electron chi connectivity index (χ3n) is 1.44. The molecule has 0 nitrogen and oxygen atoms in total. The molecule has 0 radical (unpaired) electrons. The summed E-state index contributed by atoms with van der Waals surface area (Å²) in [6.45, 7) is 0. The van der Waals surface area contributed by atoms with Gasteiger partial charge >= 0.3 is 0 Å². The zero-order valence-corrected chi connectivity index (χ0v) is 4.87. The quantitative estimate of drug-likeness (QED) is 0.503. The van der Waals surface area contributed by atoms with E-state index in [1.807, 2.05) is 0 Å². The van der Waals surface area contributed by atoms with Crippen molar-refractivity contribution < 1.29 is 4.70 Å². The van der Waals surface area contributed by atoms with E-state index in [1.165, 1.54) is 11.1 Å². The van der Waals surface area contributed by atoms with Crippen molar-refractivity contribution in [2.24, 2.45) is 0 Å². The number of benzene rings is 1. The Morgan fingerprint density at radius 3 is 1.44 bits per heavy atom. The average molecular weight is 122 g/mol. The van der Waals surface area contributed by atoms with Crippen LogP contribution in [0.1, 0.15) is 11.1 Å². The van der Waals surface area contributed by atoms with E-state index >= 15 is 0 Å². The first-order chi connectivity index (χ1) is 3.97. The Morgan fingerprint density at radius 1 is 0.778 bits per heavy atom. The van der Waals surface area contributed by atoms with Gasteiger partial charge in [-0.05, 0) is 11.1 Å². The molecule has 1 aliphatic rings. The predicted molar refractivity (Wildman–Crippen MR) is 37.9 cm³/mol. The molecular formula is C8H7F. The van der Waals surface area contributed by atoms with Gasteiger partial charge in [-0.25, -0.2) is 0 Å². The lowest BCUT2D eigenvalue weighted by Crippen LogP contribution is -1.85. The highest BCUT2D eigenvalue weighted by atomic mass is 19.0. The van der Waals surface area contributed by atoms with Crippen LogP contribution in [0.5, 0.6) is 0 Å². The second-order valence-electron chi connectivity index (χ2n) is 1.96. The Hall–Kier alpha value is -1.11. The monoisotopic (exact) mass is 122 g/mol. The molecular weight excluding hydrogens is 115 g/mol. The van der Waals surface area contributed by atoms with Crippen LogP contribution in [0.15, 0.2) is 24.3 Å². The molecule has 0 heterocycles. The van der Waals surface area contributed by atoms with Crippen LogP contribution >= 0.6 is 0 Å². The lowest BCUT2D eigenvalue weighted by Gasteiger charge is -2.06. The maximum Gasteiger partial charge on any atom is -0.0184 e. The van der Waals surface area contributed by atoms with Gasteiger partial charge in [-0.15, -0.1) is 0 Å². The average Bonchev–Trinajstić information content (AvgIpc) is 1.72. The number of hydrogen-bond donors (Lipinski definition) is 0. The molecule has 2 rings (SSSR count). The summed E-state index contributed by atoms with van der Waals surface area (Å²) in [6, 6.07) is 8.36.